The third kappa shape index (κ3) is 7.58. The molecule has 0 unspecified atom stereocenters. The fraction of sp³-hybridized carbons (Fsp3) is 0.500. The number of likely N-dealkylation sites (tertiary alicyclic amines) is 1. The van der Waals surface area contributed by atoms with Crippen LogP contribution in [-0.2, 0) is 17.6 Å². The highest BCUT2D eigenvalue weighted by molar-refractivity contribution is 5.89. The molecule has 0 bridgehead atoms. The molecular weight excluding hydrogens is 372 g/mol. The third-order valence-electron chi connectivity index (χ3n) is 5.91. The van der Waals surface area contributed by atoms with Gasteiger partial charge in [-0.15, -0.1) is 0 Å². The van der Waals surface area contributed by atoms with E-state index in [1.807, 2.05) is 19.1 Å². The third-order valence-corrected chi connectivity index (χ3v) is 5.91. The first kappa shape index (κ1) is 22.5. The van der Waals surface area contributed by atoms with Gasteiger partial charge in [0.15, 0.2) is 0 Å². The number of piperidine rings is 1. The van der Waals surface area contributed by atoms with Crippen molar-refractivity contribution in [2.45, 2.75) is 51.5 Å². The molecular formula is C26H36N2O2. The van der Waals surface area contributed by atoms with E-state index in [1.165, 1.54) is 43.5 Å². The minimum absolute atomic E-state index is 0.236. The fourth-order valence-electron chi connectivity index (χ4n) is 4.13. The van der Waals surface area contributed by atoms with Crippen molar-refractivity contribution >= 4 is 5.97 Å². The predicted octanol–water partition coefficient (Wildman–Crippen LogP) is 4.48. The summed E-state index contributed by atoms with van der Waals surface area (Å²) in [6.07, 6.45) is 7.08. The lowest BCUT2D eigenvalue weighted by Crippen LogP contribution is -2.43. The lowest BCUT2D eigenvalue weighted by Gasteiger charge is -2.32. The number of nitrogens with zero attached hydrogens (tertiary/aromatic N) is 1. The number of aryl methyl sites for hydroxylation is 2. The van der Waals surface area contributed by atoms with Gasteiger partial charge in [-0.1, -0.05) is 42.5 Å². The fourth-order valence-corrected chi connectivity index (χ4v) is 4.13. The molecule has 1 aliphatic heterocycles. The van der Waals surface area contributed by atoms with Crippen molar-refractivity contribution < 1.29 is 9.53 Å². The standard InChI is InChI=1S/C26H36N2O2/c1-2-30-26(29)24-14-12-23(13-15-24)11-7-19-28-20-16-25(17-21-28)27-18-6-10-22-8-4-3-5-9-22/h3-5,8-9,12-15,25,27H,2,6-7,10-11,16-21H2,1H3. The molecule has 162 valence electrons. The van der Waals surface area contributed by atoms with Gasteiger partial charge in [-0.05, 0) is 94.9 Å². The van der Waals surface area contributed by atoms with Crippen molar-refractivity contribution in [3.63, 3.8) is 0 Å². The normalized spacial score (nSPS) is 15.2. The van der Waals surface area contributed by atoms with Crippen LogP contribution < -0.4 is 5.32 Å². The van der Waals surface area contributed by atoms with E-state index in [4.69, 9.17) is 4.74 Å². The molecule has 0 saturated carbocycles. The van der Waals surface area contributed by atoms with Crippen molar-refractivity contribution in [1.82, 2.24) is 10.2 Å². The number of carbonyl (C=O) groups excluding carboxylic acids is 1. The molecule has 4 heteroatoms. The van der Waals surface area contributed by atoms with Crippen LogP contribution in [0.1, 0.15) is 54.1 Å². The molecule has 30 heavy (non-hydrogen) atoms. The van der Waals surface area contributed by atoms with E-state index in [0.29, 0.717) is 18.2 Å². The van der Waals surface area contributed by atoms with Crippen LogP contribution in [0.2, 0.25) is 0 Å². The number of rotatable bonds is 11. The zero-order chi connectivity index (χ0) is 21.0. The van der Waals surface area contributed by atoms with Gasteiger partial charge in [0, 0.05) is 6.04 Å². The number of carbonyl (C=O) groups is 1. The molecule has 0 radical (unpaired) electrons. The van der Waals surface area contributed by atoms with Gasteiger partial charge in [0.2, 0.25) is 0 Å². The topological polar surface area (TPSA) is 41.6 Å². The Morgan fingerprint density at radius 1 is 0.967 bits per heavy atom. The summed E-state index contributed by atoms with van der Waals surface area (Å²) in [4.78, 5) is 14.3. The van der Waals surface area contributed by atoms with Gasteiger partial charge in [-0.2, -0.15) is 0 Å². The second-order valence-corrected chi connectivity index (χ2v) is 8.18. The maximum atomic E-state index is 11.7. The van der Waals surface area contributed by atoms with Gasteiger partial charge in [0.05, 0.1) is 12.2 Å². The highest BCUT2D eigenvalue weighted by Gasteiger charge is 2.18. The van der Waals surface area contributed by atoms with Crippen LogP contribution in [0.25, 0.3) is 0 Å². The molecule has 2 aromatic carbocycles. The van der Waals surface area contributed by atoms with Crippen LogP contribution in [0, 0.1) is 0 Å². The number of esters is 1. The van der Waals surface area contributed by atoms with E-state index < -0.39 is 0 Å². The van der Waals surface area contributed by atoms with Crippen molar-refractivity contribution in [2.24, 2.45) is 0 Å². The maximum absolute atomic E-state index is 11.7. The van der Waals surface area contributed by atoms with Gasteiger partial charge in [0.1, 0.15) is 0 Å². The highest BCUT2D eigenvalue weighted by Crippen LogP contribution is 2.13. The van der Waals surface area contributed by atoms with E-state index in [0.717, 1.165) is 32.4 Å². The molecule has 0 spiro atoms. The highest BCUT2D eigenvalue weighted by atomic mass is 16.5. The number of hydrogen-bond donors (Lipinski definition) is 1. The summed E-state index contributed by atoms with van der Waals surface area (Å²) in [6.45, 7) is 6.90. The minimum atomic E-state index is -0.236. The quantitative estimate of drug-likeness (QED) is 0.440. The molecule has 0 atom stereocenters. The van der Waals surface area contributed by atoms with Gasteiger partial charge in [-0.3, -0.25) is 0 Å². The van der Waals surface area contributed by atoms with E-state index in [-0.39, 0.29) is 5.97 Å². The van der Waals surface area contributed by atoms with Crippen LogP contribution in [-0.4, -0.2) is 49.7 Å². The summed E-state index contributed by atoms with van der Waals surface area (Å²) in [6, 6.07) is 19.3. The Kier molecular flexibility index (Phi) is 9.39. The van der Waals surface area contributed by atoms with Crippen molar-refractivity contribution in [3.05, 3.63) is 71.3 Å². The van der Waals surface area contributed by atoms with Gasteiger partial charge < -0.3 is 15.0 Å². The lowest BCUT2D eigenvalue weighted by atomic mass is 10.0. The van der Waals surface area contributed by atoms with E-state index in [9.17, 15) is 4.79 Å². The monoisotopic (exact) mass is 408 g/mol. The Morgan fingerprint density at radius 3 is 2.33 bits per heavy atom. The van der Waals surface area contributed by atoms with Crippen molar-refractivity contribution in [3.8, 4) is 0 Å². The molecule has 2 aromatic rings. The molecule has 1 fully saturated rings. The molecule has 3 rings (SSSR count). The Hall–Kier alpha value is -2.17. The summed E-state index contributed by atoms with van der Waals surface area (Å²) >= 11 is 0. The summed E-state index contributed by atoms with van der Waals surface area (Å²) < 4.78 is 5.04. The lowest BCUT2D eigenvalue weighted by molar-refractivity contribution is 0.0526. The van der Waals surface area contributed by atoms with Crippen molar-refractivity contribution in [1.29, 1.82) is 0 Å². The summed E-state index contributed by atoms with van der Waals surface area (Å²) in [5.74, 6) is -0.236. The smallest absolute Gasteiger partial charge is 0.338 e. The van der Waals surface area contributed by atoms with Crippen LogP contribution in [0.15, 0.2) is 54.6 Å². The van der Waals surface area contributed by atoms with Crippen LogP contribution in [0.5, 0.6) is 0 Å². The number of ether oxygens (including phenoxy) is 1. The first-order valence-corrected chi connectivity index (χ1v) is 11.5. The Balaban J connectivity index is 1.25. The van der Waals surface area contributed by atoms with Crippen LogP contribution in [0.3, 0.4) is 0 Å². The number of nitrogens with one attached hydrogen (secondary N) is 1. The maximum Gasteiger partial charge on any atom is 0.338 e. The first-order chi connectivity index (χ1) is 14.7. The largest absolute Gasteiger partial charge is 0.462 e. The molecule has 1 aliphatic rings. The van der Waals surface area contributed by atoms with E-state index in [1.54, 1.807) is 0 Å². The number of hydrogen-bond acceptors (Lipinski definition) is 4. The van der Waals surface area contributed by atoms with Crippen molar-refractivity contribution in [2.75, 3.05) is 32.8 Å². The molecule has 1 heterocycles. The molecule has 1 N–H and O–H groups in total. The molecule has 0 aliphatic carbocycles. The van der Waals surface area contributed by atoms with E-state index >= 15 is 0 Å². The zero-order valence-electron chi connectivity index (χ0n) is 18.3. The minimum Gasteiger partial charge on any atom is -0.462 e. The molecule has 0 aromatic heterocycles. The molecule has 4 nitrogen and oxygen atoms in total. The summed E-state index contributed by atoms with van der Waals surface area (Å²) in [5, 5.41) is 3.75. The average Bonchev–Trinajstić information content (AvgIpc) is 2.79. The zero-order valence-corrected chi connectivity index (χ0v) is 18.3. The predicted molar refractivity (Wildman–Crippen MR) is 123 cm³/mol. The number of benzene rings is 2. The molecule has 1 saturated heterocycles. The average molecular weight is 409 g/mol. The van der Waals surface area contributed by atoms with Gasteiger partial charge in [-0.25, -0.2) is 4.79 Å². The van der Waals surface area contributed by atoms with Crippen LogP contribution in [0.4, 0.5) is 0 Å². The summed E-state index contributed by atoms with van der Waals surface area (Å²) in [7, 11) is 0. The second-order valence-electron chi connectivity index (χ2n) is 8.18. The first-order valence-electron chi connectivity index (χ1n) is 11.5. The second kappa shape index (κ2) is 12.5. The van der Waals surface area contributed by atoms with Gasteiger partial charge in [0.25, 0.3) is 0 Å². The van der Waals surface area contributed by atoms with Crippen LogP contribution >= 0.6 is 0 Å². The van der Waals surface area contributed by atoms with E-state index in [2.05, 4.69) is 52.7 Å². The molecule has 0 amide bonds. The Labute approximate surface area is 181 Å². The Bertz CT molecular complexity index is 737. The SMILES string of the molecule is CCOC(=O)c1ccc(CCCN2CCC(NCCCc3ccccc3)CC2)cc1. The van der Waals surface area contributed by atoms with Gasteiger partial charge >= 0.3 is 5.97 Å². The summed E-state index contributed by atoms with van der Waals surface area (Å²) in [5.41, 5.74) is 3.36. The Morgan fingerprint density at radius 2 is 1.63 bits per heavy atom.